The quantitative estimate of drug-likeness (QED) is 0.777. The van der Waals surface area contributed by atoms with Crippen molar-refractivity contribution in [3.8, 4) is 0 Å². The third-order valence-electron chi connectivity index (χ3n) is 2.83. The lowest BCUT2D eigenvalue weighted by Crippen LogP contribution is -2.30. The van der Waals surface area contributed by atoms with Gasteiger partial charge in [-0.1, -0.05) is 45.0 Å². The molecule has 100 valence electrons. The fraction of sp³-hybridized carbons (Fsp3) is 0.533. The molecule has 18 heavy (non-hydrogen) atoms. The fourth-order valence-electron chi connectivity index (χ4n) is 1.66. The minimum absolute atomic E-state index is 0.0997. The van der Waals surface area contributed by atoms with Gasteiger partial charge in [-0.15, -0.1) is 0 Å². The van der Waals surface area contributed by atoms with Crippen molar-refractivity contribution in [3.05, 3.63) is 35.4 Å². The SMILES string of the molecule is CCc1ccc(CNC(=O)CCNC(C)C)cc1. The van der Waals surface area contributed by atoms with E-state index in [1.165, 1.54) is 5.56 Å². The molecule has 0 saturated carbocycles. The monoisotopic (exact) mass is 248 g/mol. The second kappa shape index (κ2) is 7.88. The smallest absolute Gasteiger partial charge is 0.221 e. The van der Waals surface area contributed by atoms with Gasteiger partial charge in [0.25, 0.3) is 0 Å². The van der Waals surface area contributed by atoms with E-state index in [0.29, 0.717) is 19.0 Å². The third kappa shape index (κ3) is 5.82. The molecule has 0 heterocycles. The van der Waals surface area contributed by atoms with Crippen LogP contribution in [0.3, 0.4) is 0 Å². The molecule has 0 bridgehead atoms. The standard InChI is InChI=1S/C15H24N2O/c1-4-13-5-7-14(8-6-13)11-17-15(18)9-10-16-12(2)3/h5-8,12,16H,4,9-11H2,1-3H3,(H,17,18). The molecular weight excluding hydrogens is 224 g/mol. The minimum Gasteiger partial charge on any atom is -0.352 e. The lowest BCUT2D eigenvalue weighted by Gasteiger charge is -2.09. The molecule has 0 fully saturated rings. The van der Waals surface area contributed by atoms with Crippen molar-refractivity contribution in [2.45, 2.75) is 46.2 Å². The van der Waals surface area contributed by atoms with Crippen molar-refractivity contribution in [2.24, 2.45) is 0 Å². The molecule has 3 heteroatoms. The Bertz CT molecular complexity index is 357. The van der Waals surface area contributed by atoms with E-state index in [1.54, 1.807) is 0 Å². The maximum absolute atomic E-state index is 11.6. The zero-order valence-corrected chi connectivity index (χ0v) is 11.6. The molecule has 1 aromatic carbocycles. The van der Waals surface area contributed by atoms with Crippen molar-refractivity contribution >= 4 is 5.91 Å². The molecule has 0 radical (unpaired) electrons. The Morgan fingerprint density at radius 2 is 1.78 bits per heavy atom. The predicted molar refractivity (Wildman–Crippen MR) is 75.4 cm³/mol. The first kappa shape index (κ1) is 14.7. The number of aryl methyl sites for hydroxylation is 1. The van der Waals surface area contributed by atoms with Crippen LogP contribution in [-0.2, 0) is 17.8 Å². The number of benzene rings is 1. The Kier molecular flexibility index (Phi) is 6.44. The topological polar surface area (TPSA) is 41.1 Å². The molecule has 0 spiro atoms. The van der Waals surface area contributed by atoms with E-state index in [1.807, 2.05) is 0 Å². The second-order valence-electron chi connectivity index (χ2n) is 4.81. The van der Waals surface area contributed by atoms with Crippen LogP contribution in [0.25, 0.3) is 0 Å². The Morgan fingerprint density at radius 1 is 1.17 bits per heavy atom. The van der Waals surface area contributed by atoms with Crippen LogP contribution in [0.1, 0.15) is 38.3 Å². The molecule has 0 aliphatic heterocycles. The molecule has 0 aliphatic rings. The fourth-order valence-corrected chi connectivity index (χ4v) is 1.66. The van der Waals surface area contributed by atoms with Gasteiger partial charge in [0.15, 0.2) is 0 Å². The molecule has 3 nitrogen and oxygen atoms in total. The van der Waals surface area contributed by atoms with Gasteiger partial charge < -0.3 is 10.6 Å². The summed E-state index contributed by atoms with van der Waals surface area (Å²) in [5.74, 6) is 0.0997. The van der Waals surface area contributed by atoms with Gasteiger partial charge in [0.05, 0.1) is 0 Å². The van der Waals surface area contributed by atoms with Crippen molar-refractivity contribution in [2.75, 3.05) is 6.54 Å². The Morgan fingerprint density at radius 3 is 2.33 bits per heavy atom. The zero-order valence-electron chi connectivity index (χ0n) is 11.6. The number of carbonyl (C=O) groups excluding carboxylic acids is 1. The van der Waals surface area contributed by atoms with Crippen LogP contribution in [0, 0.1) is 0 Å². The van der Waals surface area contributed by atoms with E-state index in [2.05, 4.69) is 55.7 Å². The number of amides is 1. The van der Waals surface area contributed by atoms with E-state index in [-0.39, 0.29) is 5.91 Å². The predicted octanol–water partition coefficient (Wildman–Crippen LogP) is 2.25. The molecule has 2 N–H and O–H groups in total. The summed E-state index contributed by atoms with van der Waals surface area (Å²) in [5.41, 5.74) is 2.48. The first-order valence-corrected chi connectivity index (χ1v) is 6.69. The van der Waals surface area contributed by atoms with Crippen LogP contribution in [0.4, 0.5) is 0 Å². The first-order valence-electron chi connectivity index (χ1n) is 6.69. The highest BCUT2D eigenvalue weighted by Crippen LogP contribution is 2.04. The summed E-state index contributed by atoms with van der Waals surface area (Å²) in [7, 11) is 0. The lowest BCUT2D eigenvalue weighted by atomic mass is 10.1. The van der Waals surface area contributed by atoms with Crippen LogP contribution >= 0.6 is 0 Å². The van der Waals surface area contributed by atoms with Crippen LogP contribution in [0.2, 0.25) is 0 Å². The van der Waals surface area contributed by atoms with Gasteiger partial charge in [0.1, 0.15) is 0 Å². The van der Waals surface area contributed by atoms with E-state index < -0.39 is 0 Å². The molecule has 0 aliphatic carbocycles. The van der Waals surface area contributed by atoms with Crippen molar-refractivity contribution in [1.29, 1.82) is 0 Å². The highest BCUT2D eigenvalue weighted by molar-refractivity contribution is 5.76. The molecule has 0 saturated heterocycles. The van der Waals surface area contributed by atoms with E-state index >= 15 is 0 Å². The van der Waals surface area contributed by atoms with Gasteiger partial charge in [-0.25, -0.2) is 0 Å². The average Bonchev–Trinajstić information content (AvgIpc) is 2.36. The van der Waals surface area contributed by atoms with Gasteiger partial charge >= 0.3 is 0 Å². The number of hydrogen-bond donors (Lipinski definition) is 2. The summed E-state index contributed by atoms with van der Waals surface area (Å²) in [6.07, 6.45) is 1.58. The van der Waals surface area contributed by atoms with Crippen LogP contribution in [0.15, 0.2) is 24.3 Å². The summed E-state index contributed by atoms with van der Waals surface area (Å²) in [6, 6.07) is 8.81. The number of carbonyl (C=O) groups is 1. The van der Waals surface area contributed by atoms with Crippen molar-refractivity contribution in [1.82, 2.24) is 10.6 Å². The maximum atomic E-state index is 11.6. The number of rotatable bonds is 7. The van der Waals surface area contributed by atoms with Gasteiger partial charge in [-0.05, 0) is 17.5 Å². The summed E-state index contributed by atoms with van der Waals surface area (Å²) in [6.45, 7) is 7.64. The Hall–Kier alpha value is -1.35. The Balaban J connectivity index is 2.24. The molecular formula is C15H24N2O. The van der Waals surface area contributed by atoms with Crippen LogP contribution in [0.5, 0.6) is 0 Å². The van der Waals surface area contributed by atoms with Crippen molar-refractivity contribution < 1.29 is 4.79 Å². The van der Waals surface area contributed by atoms with Crippen molar-refractivity contribution in [3.63, 3.8) is 0 Å². The highest BCUT2D eigenvalue weighted by atomic mass is 16.1. The average molecular weight is 248 g/mol. The number of nitrogens with one attached hydrogen (secondary N) is 2. The van der Waals surface area contributed by atoms with E-state index in [9.17, 15) is 4.79 Å². The zero-order chi connectivity index (χ0) is 13.4. The van der Waals surface area contributed by atoms with Gasteiger partial charge in [-0.2, -0.15) is 0 Å². The summed E-state index contributed by atoms with van der Waals surface area (Å²) in [4.78, 5) is 11.6. The normalized spacial score (nSPS) is 10.7. The Labute approximate surface area is 110 Å². The summed E-state index contributed by atoms with van der Waals surface area (Å²) >= 11 is 0. The number of hydrogen-bond acceptors (Lipinski definition) is 2. The molecule has 0 aromatic heterocycles. The summed E-state index contributed by atoms with van der Waals surface area (Å²) in [5, 5.41) is 6.16. The van der Waals surface area contributed by atoms with Crippen LogP contribution < -0.4 is 10.6 Å². The molecule has 1 rings (SSSR count). The molecule has 0 unspecified atom stereocenters. The van der Waals surface area contributed by atoms with Crippen LogP contribution in [-0.4, -0.2) is 18.5 Å². The molecule has 1 aromatic rings. The van der Waals surface area contributed by atoms with E-state index in [0.717, 1.165) is 18.5 Å². The minimum atomic E-state index is 0.0997. The van der Waals surface area contributed by atoms with Gasteiger partial charge in [-0.3, -0.25) is 4.79 Å². The highest BCUT2D eigenvalue weighted by Gasteiger charge is 2.01. The summed E-state index contributed by atoms with van der Waals surface area (Å²) < 4.78 is 0. The first-order chi connectivity index (χ1) is 8.61. The second-order valence-corrected chi connectivity index (χ2v) is 4.81. The van der Waals surface area contributed by atoms with Gasteiger partial charge in [0, 0.05) is 25.6 Å². The lowest BCUT2D eigenvalue weighted by molar-refractivity contribution is -0.121. The van der Waals surface area contributed by atoms with Gasteiger partial charge in [0.2, 0.25) is 5.91 Å². The maximum Gasteiger partial charge on any atom is 0.221 e. The molecule has 1 amide bonds. The molecule has 0 atom stereocenters. The van der Waals surface area contributed by atoms with E-state index in [4.69, 9.17) is 0 Å². The largest absolute Gasteiger partial charge is 0.352 e. The third-order valence-corrected chi connectivity index (χ3v) is 2.83.